The summed E-state index contributed by atoms with van der Waals surface area (Å²) < 4.78 is 12.8. The van der Waals surface area contributed by atoms with Crippen LogP contribution in [0.25, 0.3) is 0 Å². The summed E-state index contributed by atoms with van der Waals surface area (Å²) in [5.41, 5.74) is 0.520. The second-order valence-electron chi connectivity index (χ2n) is 2.90. The molecule has 0 bridgehead atoms. The number of benzene rings is 1. The lowest BCUT2D eigenvalue weighted by Gasteiger charge is -2.10. The summed E-state index contributed by atoms with van der Waals surface area (Å²) in [4.78, 5) is 10.9. The molecule has 2 nitrogen and oxygen atoms in total. The topological polar surface area (TPSA) is 37.3 Å². The van der Waals surface area contributed by atoms with E-state index in [2.05, 4.69) is 0 Å². The van der Waals surface area contributed by atoms with Gasteiger partial charge in [-0.2, -0.15) is 11.8 Å². The molecule has 1 aromatic carbocycles. The number of carboxylic acid groups (broad SMARTS) is 1. The largest absolute Gasteiger partial charge is 0.481 e. The van der Waals surface area contributed by atoms with Crippen LogP contribution in [0.3, 0.4) is 0 Å². The van der Waals surface area contributed by atoms with Gasteiger partial charge in [-0.3, -0.25) is 4.79 Å². The fourth-order valence-electron chi connectivity index (χ4n) is 1.20. The van der Waals surface area contributed by atoms with Crippen LogP contribution in [0.1, 0.15) is 11.5 Å². The number of hydrogen-bond donors (Lipinski definition) is 1. The highest BCUT2D eigenvalue weighted by Gasteiger charge is 2.19. The molecule has 1 unspecified atom stereocenters. The summed E-state index contributed by atoms with van der Waals surface area (Å²) in [6, 6.07) is 5.75. The Labute approximate surface area is 86.1 Å². The Morgan fingerprint density at radius 2 is 2.36 bits per heavy atom. The molecule has 0 heterocycles. The zero-order chi connectivity index (χ0) is 10.6. The molecular formula is C10H11FO2S. The van der Waals surface area contributed by atoms with Crippen LogP contribution >= 0.6 is 11.8 Å². The van der Waals surface area contributed by atoms with Crippen molar-refractivity contribution < 1.29 is 14.3 Å². The number of hydrogen-bond acceptors (Lipinski definition) is 2. The number of halogens is 1. The van der Waals surface area contributed by atoms with Crippen LogP contribution in [0, 0.1) is 5.82 Å². The van der Waals surface area contributed by atoms with Crippen LogP contribution in [0.4, 0.5) is 4.39 Å². The summed E-state index contributed by atoms with van der Waals surface area (Å²) in [5.74, 6) is -1.47. The molecular weight excluding hydrogens is 203 g/mol. The van der Waals surface area contributed by atoms with Gasteiger partial charge in [0.15, 0.2) is 0 Å². The first-order valence-electron chi connectivity index (χ1n) is 4.12. The summed E-state index contributed by atoms with van der Waals surface area (Å²) in [5, 5.41) is 8.91. The van der Waals surface area contributed by atoms with Crippen LogP contribution in [0.5, 0.6) is 0 Å². The summed E-state index contributed by atoms with van der Waals surface area (Å²) >= 11 is 1.44. The molecule has 0 aromatic heterocycles. The minimum Gasteiger partial charge on any atom is -0.481 e. The maximum Gasteiger partial charge on any atom is 0.311 e. The SMILES string of the molecule is CSCC(C(=O)O)c1cccc(F)c1. The molecule has 0 aliphatic rings. The maximum atomic E-state index is 12.8. The van der Waals surface area contributed by atoms with Crippen LogP contribution in [-0.2, 0) is 4.79 Å². The molecule has 0 saturated heterocycles. The van der Waals surface area contributed by atoms with Gasteiger partial charge in [0.25, 0.3) is 0 Å². The van der Waals surface area contributed by atoms with Crippen molar-refractivity contribution in [2.24, 2.45) is 0 Å². The van der Waals surface area contributed by atoms with Crippen molar-refractivity contribution in [2.75, 3.05) is 12.0 Å². The third-order valence-electron chi connectivity index (χ3n) is 1.88. The molecule has 1 atom stereocenters. The summed E-state index contributed by atoms with van der Waals surface area (Å²) in [7, 11) is 0. The molecule has 1 rings (SSSR count). The number of aliphatic carboxylic acids is 1. The molecule has 76 valence electrons. The summed E-state index contributed by atoms with van der Waals surface area (Å²) in [6.07, 6.45) is 1.83. The minimum atomic E-state index is -0.912. The van der Waals surface area contributed by atoms with Crippen LogP contribution in [0.2, 0.25) is 0 Å². The number of carboxylic acids is 1. The lowest BCUT2D eigenvalue weighted by molar-refractivity contribution is -0.138. The van der Waals surface area contributed by atoms with E-state index in [9.17, 15) is 9.18 Å². The first-order chi connectivity index (χ1) is 6.65. The second-order valence-corrected chi connectivity index (χ2v) is 3.81. The van der Waals surface area contributed by atoms with E-state index < -0.39 is 17.7 Å². The number of thioether (sulfide) groups is 1. The molecule has 0 radical (unpaired) electrons. The molecule has 0 saturated carbocycles. The average Bonchev–Trinajstić information content (AvgIpc) is 2.13. The second kappa shape index (κ2) is 5.00. The van der Waals surface area contributed by atoms with E-state index in [-0.39, 0.29) is 0 Å². The van der Waals surface area contributed by atoms with Gasteiger partial charge in [0, 0.05) is 5.75 Å². The van der Waals surface area contributed by atoms with Crippen molar-refractivity contribution >= 4 is 17.7 Å². The van der Waals surface area contributed by atoms with Crippen molar-refractivity contribution in [3.8, 4) is 0 Å². The Hall–Kier alpha value is -1.03. The smallest absolute Gasteiger partial charge is 0.311 e. The molecule has 1 N–H and O–H groups in total. The van der Waals surface area contributed by atoms with Gasteiger partial charge in [-0.1, -0.05) is 12.1 Å². The Kier molecular flexibility index (Phi) is 3.95. The van der Waals surface area contributed by atoms with Crippen molar-refractivity contribution in [2.45, 2.75) is 5.92 Å². The molecule has 0 aliphatic carbocycles. The lowest BCUT2D eigenvalue weighted by atomic mass is 10.0. The summed E-state index contributed by atoms with van der Waals surface area (Å²) in [6.45, 7) is 0. The fourth-order valence-corrected chi connectivity index (χ4v) is 1.87. The predicted octanol–water partition coefficient (Wildman–Crippen LogP) is 2.36. The molecule has 0 aliphatic heterocycles. The van der Waals surface area contributed by atoms with E-state index in [1.54, 1.807) is 6.07 Å². The zero-order valence-electron chi connectivity index (χ0n) is 7.74. The molecule has 0 fully saturated rings. The fraction of sp³-hybridized carbons (Fsp3) is 0.300. The van der Waals surface area contributed by atoms with Gasteiger partial charge >= 0.3 is 5.97 Å². The Morgan fingerprint density at radius 1 is 1.64 bits per heavy atom. The normalized spacial score (nSPS) is 12.4. The average molecular weight is 214 g/mol. The predicted molar refractivity (Wildman–Crippen MR) is 55.2 cm³/mol. The highest BCUT2D eigenvalue weighted by atomic mass is 32.2. The van der Waals surface area contributed by atoms with E-state index >= 15 is 0 Å². The van der Waals surface area contributed by atoms with Crippen LogP contribution in [-0.4, -0.2) is 23.1 Å². The molecule has 4 heteroatoms. The van der Waals surface area contributed by atoms with Gasteiger partial charge in [0.1, 0.15) is 5.82 Å². The number of carbonyl (C=O) groups is 1. The number of rotatable bonds is 4. The van der Waals surface area contributed by atoms with E-state index in [0.717, 1.165) is 0 Å². The van der Waals surface area contributed by atoms with Gasteiger partial charge in [-0.05, 0) is 24.0 Å². The van der Waals surface area contributed by atoms with Crippen molar-refractivity contribution in [1.29, 1.82) is 0 Å². The Bertz CT molecular complexity index is 328. The van der Waals surface area contributed by atoms with Gasteiger partial charge in [-0.25, -0.2) is 4.39 Å². The molecule has 0 spiro atoms. The highest BCUT2D eigenvalue weighted by Crippen LogP contribution is 2.20. The third kappa shape index (κ3) is 2.73. The van der Waals surface area contributed by atoms with Crippen molar-refractivity contribution in [1.82, 2.24) is 0 Å². The van der Waals surface area contributed by atoms with Crippen molar-refractivity contribution in [3.63, 3.8) is 0 Å². The van der Waals surface area contributed by atoms with Gasteiger partial charge in [-0.15, -0.1) is 0 Å². The maximum absolute atomic E-state index is 12.8. The van der Waals surface area contributed by atoms with Crippen molar-refractivity contribution in [3.05, 3.63) is 35.6 Å². The van der Waals surface area contributed by atoms with Gasteiger partial charge in [0.2, 0.25) is 0 Å². The third-order valence-corrected chi connectivity index (χ3v) is 2.55. The lowest BCUT2D eigenvalue weighted by Crippen LogP contribution is -2.14. The van der Waals surface area contributed by atoms with Gasteiger partial charge in [0.05, 0.1) is 5.92 Å². The standard InChI is InChI=1S/C10H11FO2S/c1-14-6-9(10(12)13)7-3-2-4-8(11)5-7/h2-5,9H,6H2,1H3,(H,12,13). The van der Waals surface area contributed by atoms with E-state index in [1.165, 1.54) is 30.0 Å². The minimum absolute atomic E-state index is 0.394. The van der Waals surface area contributed by atoms with Crippen LogP contribution < -0.4 is 0 Å². The van der Waals surface area contributed by atoms with Crippen LogP contribution in [0.15, 0.2) is 24.3 Å². The Balaban J connectivity index is 2.93. The van der Waals surface area contributed by atoms with Gasteiger partial charge < -0.3 is 5.11 Å². The quantitative estimate of drug-likeness (QED) is 0.836. The zero-order valence-corrected chi connectivity index (χ0v) is 8.55. The molecule has 0 amide bonds. The first-order valence-corrected chi connectivity index (χ1v) is 5.51. The molecule has 14 heavy (non-hydrogen) atoms. The first kappa shape index (κ1) is 11.0. The van der Waals surface area contributed by atoms with E-state index in [0.29, 0.717) is 11.3 Å². The molecule has 1 aromatic rings. The monoisotopic (exact) mass is 214 g/mol. The highest BCUT2D eigenvalue weighted by molar-refractivity contribution is 7.98. The van der Waals surface area contributed by atoms with E-state index in [1.807, 2.05) is 6.26 Å². The van der Waals surface area contributed by atoms with E-state index in [4.69, 9.17) is 5.11 Å². The Morgan fingerprint density at radius 3 is 2.86 bits per heavy atom.